The Morgan fingerprint density at radius 2 is 1.95 bits per heavy atom. The van der Waals surface area contributed by atoms with Crippen molar-refractivity contribution in [3.05, 3.63) is 53.9 Å². The lowest BCUT2D eigenvalue weighted by Crippen LogP contribution is -2.45. The fraction of sp³-hybridized carbons (Fsp3) is 0.423. The molecule has 0 aliphatic carbocycles. The van der Waals surface area contributed by atoms with Crippen LogP contribution in [0.25, 0.3) is 11.3 Å². The second-order valence-electron chi connectivity index (χ2n) is 9.41. The number of hydrogen-bond acceptors (Lipinski definition) is 7. The first-order chi connectivity index (χ1) is 18.3. The van der Waals surface area contributed by atoms with Gasteiger partial charge in [-0.3, -0.25) is 9.78 Å². The van der Waals surface area contributed by atoms with Gasteiger partial charge in [0.2, 0.25) is 0 Å². The number of methoxy groups -OCH3 is 2. The first kappa shape index (κ1) is 25.8. The van der Waals surface area contributed by atoms with Crippen molar-refractivity contribution in [3.8, 4) is 22.8 Å². The lowest BCUT2D eigenvalue weighted by atomic mass is 9.96. The highest BCUT2D eigenvalue weighted by Gasteiger charge is 2.46. The van der Waals surface area contributed by atoms with Gasteiger partial charge < -0.3 is 25.4 Å². The third-order valence-corrected chi connectivity index (χ3v) is 6.92. The average molecular weight is 531 g/mol. The molecule has 1 fully saturated rings. The highest BCUT2D eigenvalue weighted by Crippen LogP contribution is 2.45. The minimum absolute atomic E-state index is 0.0431. The number of benzene rings is 1. The first-order valence-electron chi connectivity index (χ1n) is 12.4. The third kappa shape index (κ3) is 5.26. The number of halogens is 3. The standard InChI is InChI=1S/C26H29F3N6O3/c1-37-21-8-6-15(10-22(21)38-2)19-11-23(26(27,28)29)35-24(33-19)12-20(34-35)16-5-7-18(31-13-16)25(36)32-17-4-3-9-30-14-17/h5-8,10,12-13,17,19,23,30,33H,3-4,9,11,14H2,1-2H3,(H,32,36). The van der Waals surface area contributed by atoms with Gasteiger partial charge in [-0.2, -0.15) is 18.3 Å². The van der Waals surface area contributed by atoms with Gasteiger partial charge in [0.1, 0.15) is 11.5 Å². The number of fused-ring (bicyclic) bond motifs is 1. The Bertz CT molecular complexity index is 1290. The summed E-state index contributed by atoms with van der Waals surface area (Å²) in [4.78, 5) is 16.8. The summed E-state index contributed by atoms with van der Waals surface area (Å²) in [7, 11) is 2.98. The normalized spacial score (nSPS) is 21.2. The summed E-state index contributed by atoms with van der Waals surface area (Å²) in [5.41, 5.74) is 1.71. The molecule has 12 heteroatoms. The Labute approximate surface area is 217 Å². The summed E-state index contributed by atoms with van der Waals surface area (Å²) in [6.45, 7) is 1.65. The van der Waals surface area contributed by atoms with Crippen LogP contribution in [0, 0.1) is 0 Å². The van der Waals surface area contributed by atoms with Crippen molar-refractivity contribution in [2.24, 2.45) is 0 Å². The zero-order chi connectivity index (χ0) is 26.9. The molecular formula is C26H29F3N6O3. The van der Waals surface area contributed by atoms with E-state index in [1.165, 1.54) is 20.4 Å². The summed E-state index contributed by atoms with van der Waals surface area (Å²) in [5.74, 6) is 0.878. The van der Waals surface area contributed by atoms with Gasteiger partial charge in [-0.25, -0.2) is 4.68 Å². The molecule has 3 aromatic rings. The molecule has 0 saturated carbocycles. The van der Waals surface area contributed by atoms with Crippen molar-refractivity contribution in [2.75, 3.05) is 32.6 Å². The van der Waals surface area contributed by atoms with E-state index in [1.807, 2.05) is 0 Å². The molecule has 9 nitrogen and oxygen atoms in total. The number of anilines is 1. The van der Waals surface area contributed by atoms with Crippen molar-refractivity contribution < 1.29 is 27.4 Å². The Kier molecular flexibility index (Phi) is 7.15. The molecule has 0 radical (unpaired) electrons. The SMILES string of the molecule is COc1ccc(C2CC(C(F)(F)F)n3nc(-c4ccc(C(=O)NC5CCCNC5)nc4)cc3N2)cc1OC. The third-order valence-electron chi connectivity index (χ3n) is 6.92. The van der Waals surface area contributed by atoms with E-state index in [2.05, 4.69) is 26.0 Å². The van der Waals surface area contributed by atoms with E-state index in [-0.39, 0.29) is 29.9 Å². The van der Waals surface area contributed by atoms with Crippen molar-refractivity contribution in [1.29, 1.82) is 0 Å². The molecule has 38 heavy (non-hydrogen) atoms. The molecule has 202 valence electrons. The van der Waals surface area contributed by atoms with Gasteiger partial charge in [0, 0.05) is 36.8 Å². The number of carbonyl (C=O) groups excluding carboxylic acids is 1. The molecular weight excluding hydrogens is 501 g/mol. The molecule has 2 aliphatic rings. The van der Waals surface area contributed by atoms with Crippen LogP contribution < -0.4 is 25.4 Å². The van der Waals surface area contributed by atoms with Crippen molar-refractivity contribution in [2.45, 2.75) is 43.6 Å². The van der Waals surface area contributed by atoms with Gasteiger partial charge in [0.25, 0.3) is 5.91 Å². The predicted octanol–water partition coefficient (Wildman–Crippen LogP) is 4.10. The highest BCUT2D eigenvalue weighted by atomic mass is 19.4. The molecule has 1 amide bonds. The quantitative estimate of drug-likeness (QED) is 0.441. The fourth-order valence-electron chi connectivity index (χ4n) is 4.92. The van der Waals surface area contributed by atoms with Crippen molar-refractivity contribution in [1.82, 2.24) is 25.4 Å². The fourth-order valence-corrected chi connectivity index (χ4v) is 4.92. The minimum Gasteiger partial charge on any atom is -0.493 e. The molecule has 2 aliphatic heterocycles. The molecule has 5 rings (SSSR count). The molecule has 3 atom stereocenters. The average Bonchev–Trinajstić information content (AvgIpc) is 3.36. The van der Waals surface area contributed by atoms with E-state index >= 15 is 0 Å². The van der Waals surface area contributed by atoms with Crippen molar-refractivity contribution in [3.63, 3.8) is 0 Å². The maximum Gasteiger partial charge on any atom is 0.410 e. The maximum atomic E-state index is 14.1. The van der Waals surface area contributed by atoms with E-state index in [9.17, 15) is 18.0 Å². The van der Waals surface area contributed by atoms with Gasteiger partial charge in [-0.1, -0.05) is 6.07 Å². The Hall–Kier alpha value is -3.80. The number of amides is 1. The summed E-state index contributed by atoms with van der Waals surface area (Å²) in [5, 5.41) is 13.6. The monoisotopic (exact) mass is 530 g/mol. The summed E-state index contributed by atoms with van der Waals surface area (Å²) in [6.07, 6.45) is -1.42. The lowest BCUT2D eigenvalue weighted by Gasteiger charge is -2.33. The first-order valence-corrected chi connectivity index (χ1v) is 12.4. The van der Waals surface area contributed by atoms with Gasteiger partial charge in [0.15, 0.2) is 17.5 Å². The number of carbonyl (C=O) groups is 1. The molecule has 2 aromatic heterocycles. The zero-order valence-corrected chi connectivity index (χ0v) is 21.0. The Morgan fingerprint density at radius 3 is 2.61 bits per heavy atom. The number of pyridine rings is 1. The van der Waals surface area contributed by atoms with E-state index in [0.717, 1.165) is 24.1 Å². The topological polar surface area (TPSA) is 102 Å². The van der Waals surface area contributed by atoms with E-state index in [4.69, 9.17) is 9.47 Å². The number of aromatic nitrogens is 3. The van der Waals surface area contributed by atoms with Crippen LogP contribution in [0.5, 0.6) is 11.5 Å². The molecule has 0 spiro atoms. The lowest BCUT2D eigenvalue weighted by molar-refractivity contribution is -0.173. The van der Waals surface area contributed by atoms with E-state index in [0.29, 0.717) is 34.9 Å². The number of piperidine rings is 1. The maximum absolute atomic E-state index is 14.1. The Morgan fingerprint density at radius 1 is 1.13 bits per heavy atom. The zero-order valence-electron chi connectivity index (χ0n) is 21.0. The summed E-state index contributed by atoms with van der Waals surface area (Å²) < 4.78 is 53.9. The van der Waals surface area contributed by atoms with E-state index in [1.54, 1.807) is 36.4 Å². The van der Waals surface area contributed by atoms with Gasteiger partial charge in [-0.15, -0.1) is 0 Å². The number of hydrogen-bond donors (Lipinski definition) is 3. The van der Waals surface area contributed by atoms with Crippen LogP contribution in [0.1, 0.15) is 47.4 Å². The molecule has 0 bridgehead atoms. The number of nitrogens with one attached hydrogen (secondary N) is 3. The highest BCUT2D eigenvalue weighted by molar-refractivity contribution is 5.92. The summed E-state index contributed by atoms with van der Waals surface area (Å²) in [6, 6.07) is 7.42. The van der Waals surface area contributed by atoms with Crippen LogP contribution in [-0.2, 0) is 0 Å². The molecule has 3 unspecified atom stereocenters. The largest absolute Gasteiger partial charge is 0.493 e. The van der Waals surface area contributed by atoms with Crippen LogP contribution in [0.4, 0.5) is 19.0 Å². The predicted molar refractivity (Wildman–Crippen MR) is 134 cm³/mol. The number of rotatable bonds is 6. The molecule has 1 aromatic carbocycles. The smallest absolute Gasteiger partial charge is 0.410 e. The number of alkyl halides is 3. The minimum atomic E-state index is -4.51. The number of ether oxygens (including phenoxy) is 2. The second kappa shape index (κ2) is 10.5. The van der Waals surface area contributed by atoms with Gasteiger partial charge in [-0.05, 0) is 49.2 Å². The molecule has 4 heterocycles. The number of nitrogens with zero attached hydrogens (tertiary/aromatic N) is 3. The summed E-state index contributed by atoms with van der Waals surface area (Å²) >= 11 is 0. The molecule has 1 saturated heterocycles. The van der Waals surface area contributed by atoms with Crippen LogP contribution in [-0.4, -0.2) is 60.2 Å². The van der Waals surface area contributed by atoms with Gasteiger partial charge >= 0.3 is 6.18 Å². The second-order valence-corrected chi connectivity index (χ2v) is 9.41. The van der Waals surface area contributed by atoms with Crippen LogP contribution in [0.3, 0.4) is 0 Å². The van der Waals surface area contributed by atoms with Crippen molar-refractivity contribution >= 4 is 11.7 Å². The Balaban J connectivity index is 1.39. The van der Waals surface area contributed by atoms with Gasteiger partial charge in [0.05, 0.1) is 26.0 Å². The van der Waals surface area contributed by atoms with Crippen LogP contribution >= 0.6 is 0 Å². The molecule has 3 N–H and O–H groups in total. The van der Waals surface area contributed by atoms with E-state index < -0.39 is 18.3 Å². The van der Waals surface area contributed by atoms with Crippen LogP contribution in [0.2, 0.25) is 0 Å². The van der Waals surface area contributed by atoms with Crippen LogP contribution in [0.15, 0.2) is 42.6 Å².